The van der Waals surface area contributed by atoms with Crippen molar-refractivity contribution in [3.63, 3.8) is 0 Å². The average molecular weight is 142 g/mol. The molecule has 0 N–H and O–H groups in total. The fraction of sp³-hybridized carbons (Fsp3) is 0.875. The van der Waals surface area contributed by atoms with Crippen LogP contribution >= 0.6 is 0 Å². The summed E-state index contributed by atoms with van der Waals surface area (Å²) >= 11 is 0. The summed E-state index contributed by atoms with van der Waals surface area (Å²) in [6, 6.07) is 0. The van der Waals surface area contributed by atoms with E-state index in [0.29, 0.717) is 6.42 Å². The molecule has 0 heterocycles. The molecule has 58 valence electrons. The van der Waals surface area contributed by atoms with Crippen molar-refractivity contribution in [2.75, 3.05) is 7.11 Å². The normalized spacial score (nSPS) is 16.9. The van der Waals surface area contributed by atoms with Crippen molar-refractivity contribution < 1.29 is 9.53 Å². The molecule has 1 saturated carbocycles. The molecule has 0 aromatic heterocycles. The van der Waals surface area contributed by atoms with Crippen LogP contribution in [0.25, 0.3) is 0 Å². The summed E-state index contributed by atoms with van der Waals surface area (Å²) in [5.41, 5.74) is 0. The fourth-order valence-corrected chi connectivity index (χ4v) is 1.04. The van der Waals surface area contributed by atoms with Crippen LogP contribution in [0.1, 0.15) is 32.1 Å². The Bertz CT molecular complexity index is 116. The summed E-state index contributed by atoms with van der Waals surface area (Å²) in [5.74, 6) is 0.866. The van der Waals surface area contributed by atoms with E-state index >= 15 is 0 Å². The van der Waals surface area contributed by atoms with E-state index in [1.807, 2.05) is 0 Å². The number of esters is 1. The quantitative estimate of drug-likeness (QED) is 0.559. The molecule has 0 aliphatic heterocycles. The molecule has 1 fully saturated rings. The van der Waals surface area contributed by atoms with Gasteiger partial charge in [0.25, 0.3) is 0 Å². The molecule has 2 heteroatoms. The molecule has 1 aliphatic carbocycles. The maximum Gasteiger partial charge on any atom is 0.305 e. The molecule has 0 spiro atoms. The van der Waals surface area contributed by atoms with Crippen LogP contribution in [0.2, 0.25) is 0 Å². The molecule has 0 atom stereocenters. The van der Waals surface area contributed by atoms with Gasteiger partial charge in [-0.1, -0.05) is 12.8 Å². The van der Waals surface area contributed by atoms with E-state index in [2.05, 4.69) is 4.74 Å². The zero-order valence-electron chi connectivity index (χ0n) is 6.43. The van der Waals surface area contributed by atoms with Crippen LogP contribution in [0.15, 0.2) is 0 Å². The van der Waals surface area contributed by atoms with E-state index in [0.717, 1.165) is 12.3 Å². The standard InChI is InChI=1S/C8H14O2/c1-10-8(9)4-2-3-7-5-6-7/h7H,2-6H2,1H3. The smallest absolute Gasteiger partial charge is 0.305 e. The molecule has 0 unspecified atom stereocenters. The van der Waals surface area contributed by atoms with Crippen molar-refractivity contribution >= 4 is 5.97 Å². The molecule has 0 bridgehead atoms. The summed E-state index contributed by atoms with van der Waals surface area (Å²) < 4.78 is 4.51. The van der Waals surface area contributed by atoms with Crippen LogP contribution < -0.4 is 0 Å². The van der Waals surface area contributed by atoms with Crippen LogP contribution in [-0.4, -0.2) is 13.1 Å². The Kier molecular flexibility index (Phi) is 2.72. The highest BCUT2D eigenvalue weighted by Crippen LogP contribution is 2.33. The lowest BCUT2D eigenvalue weighted by molar-refractivity contribution is -0.140. The zero-order valence-corrected chi connectivity index (χ0v) is 6.43. The molecule has 0 saturated heterocycles. The molecule has 2 nitrogen and oxygen atoms in total. The lowest BCUT2D eigenvalue weighted by Crippen LogP contribution is -1.99. The molecular weight excluding hydrogens is 128 g/mol. The maximum atomic E-state index is 10.6. The van der Waals surface area contributed by atoms with E-state index < -0.39 is 0 Å². The average Bonchev–Trinajstić information content (AvgIpc) is 2.71. The summed E-state index contributed by atoms with van der Waals surface area (Å²) in [5, 5.41) is 0. The summed E-state index contributed by atoms with van der Waals surface area (Å²) in [7, 11) is 1.44. The Morgan fingerprint density at radius 2 is 2.30 bits per heavy atom. The molecule has 10 heavy (non-hydrogen) atoms. The largest absolute Gasteiger partial charge is 0.469 e. The molecule has 0 aromatic carbocycles. The first-order valence-corrected chi connectivity index (χ1v) is 3.89. The van der Waals surface area contributed by atoms with Gasteiger partial charge in [0, 0.05) is 6.42 Å². The number of rotatable bonds is 4. The van der Waals surface area contributed by atoms with E-state index in [1.54, 1.807) is 0 Å². The Labute approximate surface area is 61.6 Å². The first kappa shape index (κ1) is 7.58. The van der Waals surface area contributed by atoms with Gasteiger partial charge in [-0.25, -0.2) is 0 Å². The molecule has 0 aromatic rings. The molecular formula is C8H14O2. The zero-order chi connectivity index (χ0) is 7.40. The molecule has 0 amide bonds. The number of hydrogen-bond donors (Lipinski definition) is 0. The van der Waals surface area contributed by atoms with Crippen molar-refractivity contribution in [1.29, 1.82) is 0 Å². The second-order valence-electron chi connectivity index (χ2n) is 2.91. The Morgan fingerprint density at radius 3 is 2.80 bits per heavy atom. The van der Waals surface area contributed by atoms with E-state index in [1.165, 1.54) is 26.4 Å². The monoisotopic (exact) mass is 142 g/mol. The lowest BCUT2D eigenvalue weighted by atomic mass is 10.2. The van der Waals surface area contributed by atoms with E-state index in [4.69, 9.17) is 0 Å². The second kappa shape index (κ2) is 3.59. The summed E-state index contributed by atoms with van der Waals surface area (Å²) in [6.07, 6.45) is 5.59. The first-order valence-electron chi connectivity index (χ1n) is 3.89. The number of ether oxygens (including phenoxy) is 1. The van der Waals surface area contributed by atoms with Gasteiger partial charge in [-0.2, -0.15) is 0 Å². The lowest BCUT2D eigenvalue weighted by Gasteiger charge is -1.96. The minimum Gasteiger partial charge on any atom is -0.469 e. The maximum absolute atomic E-state index is 10.6. The molecule has 1 rings (SSSR count). The second-order valence-corrected chi connectivity index (χ2v) is 2.91. The van der Waals surface area contributed by atoms with Crippen LogP contribution in [0.4, 0.5) is 0 Å². The predicted octanol–water partition coefficient (Wildman–Crippen LogP) is 1.74. The van der Waals surface area contributed by atoms with Gasteiger partial charge in [-0.15, -0.1) is 0 Å². The van der Waals surface area contributed by atoms with Crippen LogP contribution in [0.3, 0.4) is 0 Å². The Hall–Kier alpha value is -0.530. The summed E-state index contributed by atoms with van der Waals surface area (Å²) in [4.78, 5) is 10.6. The molecule has 1 aliphatic rings. The highest BCUT2D eigenvalue weighted by Gasteiger charge is 2.20. The minimum absolute atomic E-state index is 0.0688. The van der Waals surface area contributed by atoms with Gasteiger partial charge in [0.1, 0.15) is 0 Å². The van der Waals surface area contributed by atoms with Crippen molar-refractivity contribution in [3.05, 3.63) is 0 Å². The molecule has 0 radical (unpaired) electrons. The van der Waals surface area contributed by atoms with Gasteiger partial charge in [0.15, 0.2) is 0 Å². The highest BCUT2D eigenvalue weighted by molar-refractivity contribution is 5.68. The first-order chi connectivity index (χ1) is 4.83. The van der Waals surface area contributed by atoms with Gasteiger partial charge in [-0.3, -0.25) is 4.79 Å². The SMILES string of the molecule is COC(=O)CCCC1CC1. The summed E-state index contributed by atoms with van der Waals surface area (Å²) in [6.45, 7) is 0. The van der Waals surface area contributed by atoms with Crippen LogP contribution in [-0.2, 0) is 9.53 Å². The Morgan fingerprint density at radius 1 is 1.60 bits per heavy atom. The van der Waals surface area contributed by atoms with Crippen LogP contribution in [0.5, 0.6) is 0 Å². The van der Waals surface area contributed by atoms with Gasteiger partial charge < -0.3 is 4.74 Å². The topological polar surface area (TPSA) is 26.3 Å². The predicted molar refractivity (Wildman–Crippen MR) is 38.6 cm³/mol. The van der Waals surface area contributed by atoms with Crippen molar-refractivity contribution in [2.45, 2.75) is 32.1 Å². The fourth-order valence-electron chi connectivity index (χ4n) is 1.04. The van der Waals surface area contributed by atoms with Crippen molar-refractivity contribution in [2.24, 2.45) is 5.92 Å². The third-order valence-corrected chi connectivity index (χ3v) is 1.92. The van der Waals surface area contributed by atoms with Gasteiger partial charge in [0.2, 0.25) is 0 Å². The van der Waals surface area contributed by atoms with Crippen LogP contribution in [0, 0.1) is 5.92 Å². The van der Waals surface area contributed by atoms with Gasteiger partial charge in [-0.05, 0) is 18.8 Å². The van der Waals surface area contributed by atoms with E-state index in [9.17, 15) is 4.79 Å². The minimum atomic E-state index is -0.0688. The number of methoxy groups -OCH3 is 1. The number of carbonyl (C=O) groups is 1. The third-order valence-electron chi connectivity index (χ3n) is 1.92. The van der Waals surface area contributed by atoms with E-state index in [-0.39, 0.29) is 5.97 Å². The third kappa shape index (κ3) is 2.85. The van der Waals surface area contributed by atoms with Crippen molar-refractivity contribution in [1.82, 2.24) is 0 Å². The van der Waals surface area contributed by atoms with Gasteiger partial charge >= 0.3 is 5.97 Å². The Balaban J connectivity index is 1.88. The van der Waals surface area contributed by atoms with Gasteiger partial charge in [0.05, 0.1) is 7.11 Å². The van der Waals surface area contributed by atoms with Crippen molar-refractivity contribution in [3.8, 4) is 0 Å². The number of carbonyl (C=O) groups excluding carboxylic acids is 1. The highest BCUT2D eigenvalue weighted by atomic mass is 16.5. The number of hydrogen-bond acceptors (Lipinski definition) is 2.